The molecule has 0 spiro atoms. The molecule has 76 valence electrons. The quantitative estimate of drug-likeness (QED) is 0.679. The molecule has 0 N–H and O–H groups in total. The van der Waals surface area contributed by atoms with Gasteiger partial charge in [-0.25, -0.2) is 4.52 Å². The van der Waals surface area contributed by atoms with Crippen LogP contribution in [0.5, 0.6) is 11.5 Å². The van der Waals surface area contributed by atoms with E-state index < -0.39 is 0 Å². The van der Waals surface area contributed by atoms with Crippen LogP contribution in [0.4, 0.5) is 0 Å². The summed E-state index contributed by atoms with van der Waals surface area (Å²) in [6.07, 6.45) is 4.14. The highest BCUT2D eigenvalue weighted by molar-refractivity contribution is 5.71. The Morgan fingerprint density at radius 1 is 1.60 bits per heavy atom. The van der Waals surface area contributed by atoms with Gasteiger partial charge in [0.15, 0.2) is 5.75 Å². The number of carbonyl (C=O) groups is 1. The second kappa shape index (κ2) is 2.98. The van der Waals surface area contributed by atoms with Crippen molar-refractivity contribution in [2.24, 2.45) is 0 Å². The maximum atomic E-state index is 10.3. The third-order valence-corrected chi connectivity index (χ3v) is 2.50. The third-order valence-electron chi connectivity index (χ3n) is 2.50. The lowest BCUT2D eigenvalue weighted by molar-refractivity contribution is -0.120. The van der Waals surface area contributed by atoms with Gasteiger partial charge in [0, 0.05) is 18.2 Å². The molecule has 0 fully saturated rings. The lowest BCUT2D eigenvalue weighted by atomic mass is 10.2. The Hall–Kier alpha value is -2.04. The smallest absolute Gasteiger partial charge is 0.298 e. The van der Waals surface area contributed by atoms with Crippen molar-refractivity contribution in [2.75, 3.05) is 6.61 Å². The van der Waals surface area contributed by atoms with E-state index in [9.17, 15) is 4.79 Å². The van der Waals surface area contributed by atoms with Gasteiger partial charge >= 0.3 is 0 Å². The van der Waals surface area contributed by atoms with Gasteiger partial charge in [0.25, 0.3) is 6.47 Å². The second-order valence-electron chi connectivity index (χ2n) is 3.27. The summed E-state index contributed by atoms with van der Waals surface area (Å²) < 4.78 is 12.0. The van der Waals surface area contributed by atoms with Gasteiger partial charge in [-0.05, 0) is 6.07 Å². The van der Waals surface area contributed by atoms with Crippen LogP contribution in [-0.2, 0) is 11.2 Å². The Labute approximate surface area is 85.2 Å². The van der Waals surface area contributed by atoms with Crippen molar-refractivity contribution in [3.63, 3.8) is 0 Å². The fraction of sp³-hybridized carbons (Fsp3) is 0.200. The summed E-state index contributed by atoms with van der Waals surface area (Å²) in [5.74, 6) is 1.33. The number of nitrogens with zero attached hydrogens (tertiary/aromatic N) is 2. The van der Waals surface area contributed by atoms with E-state index in [4.69, 9.17) is 9.47 Å². The Kier molecular flexibility index (Phi) is 1.65. The van der Waals surface area contributed by atoms with Gasteiger partial charge in [-0.1, -0.05) is 0 Å². The van der Waals surface area contributed by atoms with Gasteiger partial charge in [0.2, 0.25) is 0 Å². The maximum absolute atomic E-state index is 10.3. The zero-order valence-corrected chi connectivity index (χ0v) is 7.84. The first-order valence-corrected chi connectivity index (χ1v) is 4.62. The summed E-state index contributed by atoms with van der Waals surface area (Å²) in [6, 6.07) is 1.87. The molecule has 0 atom stereocenters. The van der Waals surface area contributed by atoms with Crippen molar-refractivity contribution in [1.29, 1.82) is 0 Å². The van der Waals surface area contributed by atoms with Crippen molar-refractivity contribution in [3.8, 4) is 11.5 Å². The van der Waals surface area contributed by atoms with E-state index in [0.717, 1.165) is 23.3 Å². The molecule has 0 unspecified atom stereocenters. The Morgan fingerprint density at radius 2 is 2.53 bits per heavy atom. The molecule has 0 aromatic carbocycles. The average Bonchev–Trinajstić information content (AvgIpc) is 2.83. The summed E-state index contributed by atoms with van der Waals surface area (Å²) in [5.41, 5.74) is 1.86. The molecule has 0 amide bonds. The molecule has 0 saturated heterocycles. The molecule has 2 aromatic rings. The molecular formula is C10H8N2O3. The summed E-state index contributed by atoms with van der Waals surface area (Å²) in [4.78, 5) is 10.3. The van der Waals surface area contributed by atoms with Crippen LogP contribution < -0.4 is 9.47 Å². The minimum atomic E-state index is 0.409. The van der Waals surface area contributed by atoms with Crippen molar-refractivity contribution in [1.82, 2.24) is 9.61 Å². The van der Waals surface area contributed by atoms with Gasteiger partial charge in [0.05, 0.1) is 12.8 Å². The molecule has 0 aliphatic carbocycles. The van der Waals surface area contributed by atoms with E-state index in [-0.39, 0.29) is 0 Å². The fourth-order valence-electron chi connectivity index (χ4n) is 1.88. The molecule has 3 heterocycles. The van der Waals surface area contributed by atoms with Crippen LogP contribution in [0.2, 0.25) is 0 Å². The van der Waals surface area contributed by atoms with Gasteiger partial charge < -0.3 is 9.47 Å². The first-order chi connectivity index (χ1) is 7.40. The molecule has 1 aliphatic heterocycles. The SMILES string of the molecule is O=COc1cnn2ccc3c(c12)CCO3. The van der Waals surface area contributed by atoms with Crippen LogP contribution in [0, 0.1) is 0 Å². The van der Waals surface area contributed by atoms with Crippen LogP contribution in [0.15, 0.2) is 18.5 Å². The summed E-state index contributed by atoms with van der Waals surface area (Å²) in [7, 11) is 0. The van der Waals surface area contributed by atoms with Gasteiger partial charge in [0.1, 0.15) is 11.3 Å². The van der Waals surface area contributed by atoms with Crippen LogP contribution in [0.1, 0.15) is 5.56 Å². The molecule has 15 heavy (non-hydrogen) atoms. The zero-order valence-electron chi connectivity index (χ0n) is 7.84. The number of carbonyl (C=O) groups excluding carboxylic acids is 1. The predicted octanol–water partition coefficient (Wildman–Crippen LogP) is 0.804. The number of pyridine rings is 1. The van der Waals surface area contributed by atoms with E-state index in [1.54, 1.807) is 10.7 Å². The number of rotatable bonds is 2. The highest BCUT2D eigenvalue weighted by Gasteiger charge is 2.19. The summed E-state index contributed by atoms with van der Waals surface area (Å²) in [5, 5.41) is 4.09. The molecular weight excluding hydrogens is 196 g/mol. The van der Waals surface area contributed by atoms with Crippen LogP contribution in [-0.4, -0.2) is 22.7 Å². The molecule has 0 saturated carbocycles. The first kappa shape index (κ1) is 8.28. The van der Waals surface area contributed by atoms with Gasteiger partial charge in [-0.3, -0.25) is 4.79 Å². The highest BCUT2D eigenvalue weighted by atomic mass is 16.5. The Bertz CT molecular complexity index is 533. The van der Waals surface area contributed by atoms with Crippen LogP contribution in [0.25, 0.3) is 5.52 Å². The number of fused-ring (bicyclic) bond motifs is 3. The van der Waals surface area contributed by atoms with Crippen molar-refractivity contribution in [3.05, 3.63) is 24.0 Å². The highest BCUT2D eigenvalue weighted by Crippen LogP contribution is 2.33. The summed E-state index contributed by atoms with van der Waals surface area (Å²) >= 11 is 0. The molecule has 5 nitrogen and oxygen atoms in total. The molecule has 1 aliphatic rings. The molecule has 5 heteroatoms. The first-order valence-electron chi connectivity index (χ1n) is 4.62. The topological polar surface area (TPSA) is 52.8 Å². The van der Waals surface area contributed by atoms with Crippen LogP contribution >= 0.6 is 0 Å². The standard InChI is InChI=1S/C10H8N2O3/c13-6-15-9-5-11-12-3-1-8-7(10(9)12)2-4-14-8/h1,3,5-6H,2,4H2. The molecule has 0 bridgehead atoms. The number of ether oxygens (including phenoxy) is 2. The van der Waals surface area contributed by atoms with E-state index >= 15 is 0 Å². The van der Waals surface area contributed by atoms with Gasteiger partial charge in [-0.15, -0.1) is 0 Å². The Balaban J connectivity index is 2.30. The molecule has 0 radical (unpaired) electrons. The van der Waals surface area contributed by atoms with Crippen LogP contribution in [0.3, 0.4) is 0 Å². The van der Waals surface area contributed by atoms with Crippen molar-refractivity contribution in [2.45, 2.75) is 6.42 Å². The lowest BCUT2D eigenvalue weighted by Crippen LogP contribution is -1.92. The normalized spacial score (nSPS) is 13.6. The monoisotopic (exact) mass is 204 g/mol. The number of aromatic nitrogens is 2. The Morgan fingerprint density at radius 3 is 3.40 bits per heavy atom. The van der Waals surface area contributed by atoms with E-state index in [0.29, 0.717) is 18.8 Å². The molecule has 3 rings (SSSR count). The summed E-state index contributed by atoms with van der Waals surface area (Å²) in [6.45, 7) is 1.08. The van der Waals surface area contributed by atoms with Crippen molar-refractivity contribution >= 4 is 12.0 Å². The maximum Gasteiger partial charge on any atom is 0.298 e. The fourth-order valence-corrected chi connectivity index (χ4v) is 1.88. The average molecular weight is 204 g/mol. The third kappa shape index (κ3) is 1.09. The van der Waals surface area contributed by atoms with E-state index in [1.165, 1.54) is 6.20 Å². The lowest BCUT2D eigenvalue weighted by Gasteiger charge is -2.01. The predicted molar refractivity (Wildman–Crippen MR) is 51.1 cm³/mol. The number of hydrogen-bond donors (Lipinski definition) is 0. The minimum Gasteiger partial charge on any atom is -0.493 e. The van der Waals surface area contributed by atoms with Gasteiger partial charge in [-0.2, -0.15) is 5.10 Å². The van der Waals surface area contributed by atoms with E-state index in [2.05, 4.69) is 5.10 Å². The largest absolute Gasteiger partial charge is 0.493 e. The zero-order chi connectivity index (χ0) is 10.3. The second-order valence-corrected chi connectivity index (χ2v) is 3.27. The number of hydrogen-bond acceptors (Lipinski definition) is 4. The van der Waals surface area contributed by atoms with E-state index in [1.807, 2.05) is 6.07 Å². The molecule has 2 aromatic heterocycles. The minimum absolute atomic E-state index is 0.409. The van der Waals surface area contributed by atoms with Crippen molar-refractivity contribution < 1.29 is 14.3 Å².